The highest BCUT2D eigenvalue weighted by atomic mass is 15.3. The molecule has 1 aromatic rings. The van der Waals surface area contributed by atoms with E-state index < -0.39 is 0 Å². The first-order valence-corrected chi connectivity index (χ1v) is 8.47. The van der Waals surface area contributed by atoms with Crippen molar-refractivity contribution in [2.45, 2.75) is 90.1 Å². The van der Waals surface area contributed by atoms with Crippen LogP contribution in [-0.4, -0.2) is 15.8 Å². The molecule has 2 atom stereocenters. The van der Waals surface area contributed by atoms with E-state index >= 15 is 0 Å². The molecule has 0 amide bonds. The van der Waals surface area contributed by atoms with Crippen molar-refractivity contribution in [3.8, 4) is 0 Å². The van der Waals surface area contributed by atoms with Gasteiger partial charge in [0.25, 0.3) is 0 Å². The van der Waals surface area contributed by atoms with Gasteiger partial charge in [-0.05, 0) is 32.8 Å². The van der Waals surface area contributed by atoms with Crippen molar-refractivity contribution in [1.29, 1.82) is 0 Å². The zero-order valence-corrected chi connectivity index (χ0v) is 13.3. The third-order valence-corrected chi connectivity index (χ3v) is 4.64. The molecule has 0 aliphatic heterocycles. The van der Waals surface area contributed by atoms with Crippen LogP contribution in [0, 0.1) is 13.8 Å². The lowest BCUT2D eigenvalue weighted by atomic mass is 9.94. The fraction of sp³-hybridized carbons (Fsp3) is 0.824. The Morgan fingerprint density at radius 2 is 1.50 bits per heavy atom. The summed E-state index contributed by atoms with van der Waals surface area (Å²) in [5.41, 5.74) is 8.88. The minimum Gasteiger partial charge on any atom is -0.326 e. The van der Waals surface area contributed by atoms with Crippen LogP contribution < -0.4 is 5.73 Å². The average molecular weight is 277 g/mol. The van der Waals surface area contributed by atoms with Crippen molar-refractivity contribution in [1.82, 2.24) is 9.78 Å². The van der Waals surface area contributed by atoms with Crippen LogP contribution in [-0.2, 0) is 0 Å². The van der Waals surface area contributed by atoms with E-state index in [4.69, 9.17) is 5.73 Å². The number of nitrogens with two attached hydrogens (primary N) is 1. The number of rotatable bonds is 1. The van der Waals surface area contributed by atoms with Crippen molar-refractivity contribution in [3.05, 3.63) is 17.5 Å². The third-order valence-electron chi connectivity index (χ3n) is 4.64. The molecule has 1 aliphatic rings. The van der Waals surface area contributed by atoms with Crippen LogP contribution in [0.5, 0.6) is 0 Å². The molecular weight excluding hydrogens is 246 g/mol. The normalized spacial score (nSPS) is 26.8. The second kappa shape index (κ2) is 7.82. The Kier molecular flexibility index (Phi) is 6.08. The lowest BCUT2D eigenvalue weighted by molar-refractivity contribution is 0.315. The largest absolute Gasteiger partial charge is 0.326 e. The molecular formula is C17H31N3. The number of aromatic nitrogens is 2. The molecule has 1 aromatic heterocycles. The predicted octanol–water partition coefficient (Wildman–Crippen LogP) is 4.28. The van der Waals surface area contributed by atoms with Crippen molar-refractivity contribution in [2.75, 3.05) is 0 Å². The van der Waals surface area contributed by atoms with Gasteiger partial charge in [0.1, 0.15) is 0 Å². The highest BCUT2D eigenvalue weighted by Gasteiger charge is 2.21. The van der Waals surface area contributed by atoms with Crippen molar-refractivity contribution in [3.63, 3.8) is 0 Å². The predicted molar refractivity (Wildman–Crippen MR) is 84.9 cm³/mol. The van der Waals surface area contributed by atoms with Crippen LogP contribution in [0.2, 0.25) is 0 Å². The van der Waals surface area contributed by atoms with E-state index in [1.807, 2.05) is 0 Å². The first kappa shape index (κ1) is 15.6. The molecule has 114 valence electrons. The van der Waals surface area contributed by atoms with Gasteiger partial charge < -0.3 is 5.73 Å². The molecule has 20 heavy (non-hydrogen) atoms. The SMILES string of the molecule is Cc1cc(C)n(C2CCCCCCCCCCC2N)n1. The second-order valence-electron chi connectivity index (χ2n) is 6.51. The number of aryl methyl sites for hydroxylation is 2. The van der Waals surface area contributed by atoms with Gasteiger partial charge in [-0.1, -0.05) is 51.4 Å². The van der Waals surface area contributed by atoms with Crippen molar-refractivity contribution < 1.29 is 0 Å². The standard InChI is InChI=1S/C17H31N3/c1-14-13-15(2)20(19-14)17-12-10-8-6-4-3-5-7-9-11-16(17)18/h13,16-17H,3-12,18H2,1-2H3. The van der Waals surface area contributed by atoms with E-state index in [9.17, 15) is 0 Å². The first-order valence-electron chi connectivity index (χ1n) is 8.47. The summed E-state index contributed by atoms with van der Waals surface area (Å²) < 4.78 is 2.20. The van der Waals surface area contributed by atoms with Gasteiger partial charge in [-0.15, -0.1) is 0 Å². The molecule has 1 saturated carbocycles. The summed E-state index contributed by atoms with van der Waals surface area (Å²) in [6.07, 6.45) is 13.2. The molecule has 3 nitrogen and oxygen atoms in total. The summed E-state index contributed by atoms with van der Waals surface area (Å²) in [5, 5.41) is 4.69. The summed E-state index contributed by atoms with van der Waals surface area (Å²) in [7, 11) is 0. The summed E-state index contributed by atoms with van der Waals surface area (Å²) in [6, 6.07) is 2.82. The Labute approximate surface area is 123 Å². The molecule has 0 spiro atoms. The fourth-order valence-electron chi connectivity index (χ4n) is 3.49. The highest BCUT2D eigenvalue weighted by Crippen LogP contribution is 2.25. The maximum atomic E-state index is 6.51. The zero-order valence-electron chi connectivity index (χ0n) is 13.3. The zero-order chi connectivity index (χ0) is 14.4. The van der Waals surface area contributed by atoms with Crippen molar-refractivity contribution in [2.24, 2.45) is 5.73 Å². The molecule has 1 aliphatic carbocycles. The van der Waals surface area contributed by atoms with Crippen LogP contribution in [0.3, 0.4) is 0 Å². The van der Waals surface area contributed by atoms with E-state index in [-0.39, 0.29) is 6.04 Å². The van der Waals surface area contributed by atoms with Crippen LogP contribution >= 0.6 is 0 Å². The molecule has 2 unspecified atom stereocenters. The Balaban J connectivity index is 2.06. The molecule has 3 heteroatoms. The van der Waals surface area contributed by atoms with Gasteiger partial charge in [0.05, 0.1) is 11.7 Å². The van der Waals surface area contributed by atoms with Gasteiger partial charge in [-0.25, -0.2) is 0 Å². The van der Waals surface area contributed by atoms with Gasteiger partial charge in [0.15, 0.2) is 0 Å². The minimum absolute atomic E-state index is 0.257. The Morgan fingerprint density at radius 1 is 0.950 bits per heavy atom. The van der Waals surface area contributed by atoms with E-state index in [0.29, 0.717) is 6.04 Å². The average Bonchev–Trinajstić information content (AvgIpc) is 2.73. The lowest BCUT2D eigenvalue weighted by Gasteiger charge is -2.26. The lowest BCUT2D eigenvalue weighted by Crippen LogP contribution is -2.33. The maximum Gasteiger partial charge on any atom is 0.0673 e. The fourth-order valence-corrected chi connectivity index (χ4v) is 3.49. The molecule has 0 aromatic carbocycles. The quantitative estimate of drug-likeness (QED) is 0.832. The number of hydrogen-bond donors (Lipinski definition) is 1. The number of nitrogens with zero attached hydrogens (tertiary/aromatic N) is 2. The monoisotopic (exact) mass is 277 g/mol. The van der Waals surface area contributed by atoms with Gasteiger partial charge in [-0.3, -0.25) is 4.68 Å². The smallest absolute Gasteiger partial charge is 0.0673 e. The summed E-state index contributed by atoms with van der Waals surface area (Å²) in [5.74, 6) is 0. The van der Waals surface area contributed by atoms with E-state index in [0.717, 1.165) is 12.1 Å². The summed E-state index contributed by atoms with van der Waals surface area (Å²) in [6.45, 7) is 4.23. The van der Waals surface area contributed by atoms with E-state index in [1.54, 1.807) is 0 Å². The molecule has 0 bridgehead atoms. The van der Waals surface area contributed by atoms with Gasteiger partial charge in [0.2, 0.25) is 0 Å². The topological polar surface area (TPSA) is 43.8 Å². The second-order valence-corrected chi connectivity index (χ2v) is 6.51. The van der Waals surface area contributed by atoms with Crippen LogP contribution in [0.25, 0.3) is 0 Å². The van der Waals surface area contributed by atoms with Crippen LogP contribution in [0.15, 0.2) is 6.07 Å². The van der Waals surface area contributed by atoms with Crippen LogP contribution in [0.1, 0.15) is 81.6 Å². The first-order chi connectivity index (χ1) is 9.68. The summed E-state index contributed by atoms with van der Waals surface area (Å²) in [4.78, 5) is 0. The maximum absolute atomic E-state index is 6.51. The van der Waals surface area contributed by atoms with Gasteiger partial charge >= 0.3 is 0 Å². The van der Waals surface area contributed by atoms with E-state index in [1.165, 1.54) is 63.5 Å². The van der Waals surface area contributed by atoms with E-state index in [2.05, 4.69) is 29.7 Å². The molecule has 1 fully saturated rings. The Morgan fingerprint density at radius 3 is 2.05 bits per heavy atom. The molecule has 1 heterocycles. The molecule has 2 rings (SSSR count). The van der Waals surface area contributed by atoms with Crippen molar-refractivity contribution >= 4 is 0 Å². The molecule has 0 saturated heterocycles. The minimum atomic E-state index is 0.257. The molecule has 2 N–H and O–H groups in total. The Bertz CT molecular complexity index is 397. The number of hydrogen-bond acceptors (Lipinski definition) is 2. The Hall–Kier alpha value is -0.830. The highest BCUT2D eigenvalue weighted by molar-refractivity contribution is 5.08. The van der Waals surface area contributed by atoms with Crippen LogP contribution in [0.4, 0.5) is 0 Å². The molecule has 0 radical (unpaired) electrons. The summed E-state index contributed by atoms with van der Waals surface area (Å²) >= 11 is 0. The van der Waals surface area contributed by atoms with Gasteiger partial charge in [0, 0.05) is 11.7 Å². The third kappa shape index (κ3) is 4.34. The van der Waals surface area contributed by atoms with Gasteiger partial charge in [-0.2, -0.15) is 5.10 Å².